The maximum absolute atomic E-state index is 12.7. The van der Waals surface area contributed by atoms with Crippen molar-refractivity contribution in [3.05, 3.63) is 35.4 Å². The highest BCUT2D eigenvalue weighted by Crippen LogP contribution is 2.36. The van der Waals surface area contributed by atoms with E-state index >= 15 is 0 Å². The summed E-state index contributed by atoms with van der Waals surface area (Å²) in [6, 6.07) is 5.26. The number of carboxylic acid groups (broad SMARTS) is 1. The van der Waals surface area contributed by atoms with Gasteiger partial charge in [-0.05, 0) is 49.3 Å². The number of carboxylic acids is 1. The first-order chi connectivity index (χ1) is 15.1. The number of ether oxygens (including phenoxy) is 1. The molecular formula is C23H29F3N2O4. The van der Waals surface area contributed by atoms with Crippen LogP contribution >= 0.6 is 0 Å². The van der Waals surface area contributed by atoms with E-state index in [1.54, 1.807) is 4.90 Å². The van der Waals surface area contributed by atoms with Crippen LogP contribution in [-0.2, 0) is 22.3 Å². The molecule has 32 heavy (non-hydrogen) atoms. The summed E-state index contributed by atoms with van der Waals surface area (Å²) < 4.78 is 44.0. The number of likely N-dealkylation sites (tertiary alicyclic amines) is 1. The van der Waals surface area contributed by atoms with E-state index in [9.17, 15) is 22.8 Å². The fourth-order valence-corrected chi connectivity index (χ4v) is 5.17. The summed E-state index contributed by atoms with van der Waals surface area (Å²) in [6.45, 7) is 3.16. The van der Waals surface area contributed by atoms with Gasteiger partial charge in [0.15, 0.2) is 0 Å². The monoisotopic (exact) mass is 454 g/mol. The van der Waals surface area contributed by atoms with Crippen molar-refractivity contribution in [1.82, 2.24) is 9.80 Å². The zero-order chi connectivity index (χ0) is 22.9. The zero-order valence-electron chi connectivity index (χ0n) is 17.9. The van der Waals surface area contributed by atoms with Crippen molar-refractivity contribution >= 4 is 12.1 Å². The topological polar surface area (TPSA) is 70.1 Å². The van der Waals surface area contributed by atoms with Gasteiger partial charge in [0.2, 0.25) is 0 Å². The van der Waals surface area contributed by atoms with Gasteiger partial charge in [-0.15, -0.1) is 0 Å². The standard InChI is InChI=1S/C23H29F3N2O4/c24-23(25,26)19-7-3-16(4-8-19)13-27-11-9-22(10-12-27)15-28(21(31)32-22)14-17-1-5-18(6-2-17)20(29)30/h3-4,7-8,17-18H,1-2,5-6,9-15H2,(H,29,30). The molecule has 1 spiro atoms. The molecule has 2 saturated heterocycles. The minimum Gasteiger partial charge on any atom is -0.481 e. The third kappa shape index (κ3) is 5.19. The van der Waals surface area contributed by atoms with E-state index in [0.29, 0.717) is 64.3 Å². The predicted octanol–water partition coefficient (Wildman–Crippen LogP) is 4.38. The molecule has 1 aromatic carbocycles. The van der Waals surface area contributed by atoms with Crippen LogP contribution in [0.4, 0.5) is 18.0 Å². The summed E-state index contributed by atoms with van der Waals surface area (Å²) in [6.07, 6.45) is -0.280. The Bertz CT molecular complexity index is 827. The second kappa shape index (κ2) is 8.92. The Balaban J connectivity index is 1.25. The van der Waals surface area contributed by atoms with E-state index in [4.69, 9.17) is 9.84 Å². The SMILES string of the molecule is O=C(O)C1CCC(CN2CC3(CCN(Cc4ccc(C(F)(F)F)cc4)CC3)OC2=O)CC1. The number of hydrogen-bond donors (Lipinski definition) is 1. The molecule has 176 valence electrons. The summed E-state index contributed by atoms with van der Waals surface area (Å²) in [7, 11) is 0. The minimum absolute atomic E-state index is 0.267. The van der Waals surface area contributed by atoms with Gasteiger partial charge >= 0.3 is 18.2 Å². The Kier molecular flexibility index (Phi) is 6.38. The second-order valence-electron chi connectivity index (χ2n) is 9.46. The first-order valence-corrected chi connectivity index (χ1v) is 11.2. The van der Waals surface area contributed by atoms with Gasteiger partial charge in [-0.2, -0.15) is 13.2 Å². The molecule has 3 aliphatic rings. The van der Waals surface area contributed by atoms with Crippen molar-refractivity contribution in [2.45, 2.75) is 56.8 Å². The highest BCUT2D eigenvalue weighted by Gasteiger charge is 2.47. The summed E-state index contributed by atoms with van der Waals surface area (Å²) in [5, 5.41) is 9.14. The predicted molar refractivity (Wildman–Crippen MR) is 110 cm³/mol. The normalized spacial score (nSPS) is 26.3. The molecule has 1 N–H and O–H groups in total. The molecule has 1 amide bonds. The zero-order valence-corrected chi connectivity index (χ0v) is 17.9. The average Bonchev–Trinajstić information content (AvgIpc) is 3.04. The van der Waals surface area contributed by atoms with E-state index in [2.05, 4.69) is 4.90 Å². The quantitative estimate of drug-likeness (QED) is 0.715. The van der Waals surface area contributed by atoms with Crippen LogP contribution in [0, 0.1) is 11.8 Å². The Morgan fingerprint density at radius 2 is 1.72 bits per heavy atom. The highest BCUT2D eigenvalue weighted by molar-refractivity contribution is 5.71. The number of benzene rings is 1. The average molecular weight is 454 g/mol. The van der Waals surface area contributed by atoms with Crippen LogP contribution in [0.5, 0.6) is 0 Å². The molecule has 0 radical (unpaired) electrons. The van der Waals surface area contributed by atoms with Gasteiger partial charge in [-0.1, -0.05) is 12.1 Å². The number of rotatable bonds is 5. The van der Waals surface area contributed by atoms with Gasteiger partial charge in [0.05, 0.1) is 18.0 Å². The Morgan fingerprint density at radius 3 is 2.28 bits per heavy atom. The fraction of sp³-hybridized carbons (Fsp3) is 0.652. The summed E-state index contributed by atoms with van der Waals surface area (Å²) in [5.41, 5.74) is -0.310. The van der Waals surface area contributed by atoms with Gasteiger partial charge in [0.1, 0.15) is 5.60 Å². The lowest BCUT2D eigenvalue weighted by atomic mass is 9.81. The number of piperidine rings is 1. The molecule has 0 atom stereocenters. The lowest BCUT2D eigenvalue weighted by Crippen LogP contribution is -2.46. The van der Waals surface area contributed by atoms with Crippen LogP contribution in [0.25, 0.3) is 0 Å². The van der Waals surface area contributed by atoms with Gasteiger partial charge < -0.3 is 14.7 Å². The maximum atomic E-state index is 12.7. The molecule has 2 heterocycles. The molecule has 6 nitrogen and oxygen atoms in total. The first-order valence-electron chi connectivity index (χ1n) is 11.2. The maximum Gasteiger partial charge on any atom is 0.416 e. The molecular weight excluding hydrogens is 425 g/mol. The molecule has 2 aliphatic heterocycles. The van der Waals surface area contributed by atoms with Crippen molar-refractivity contribution < 1.29 is 32.6 Å². The van der Waals surface area contributed by atoms with Crippen molar-refractivity contribution in [2.24, 2.45) is 11.8 Å². The van der Waals surface area contributed by atoms with Crippen molar-refractivity contribution in [3.8, 4) is 0 Å². The highest BCUT2D eigenvalue weighted by atomic mass is 19.4. The smallest absolute Gasteiger partial charge is 0.416 e. The number of carbonyl (C=O) groups is 2. The molecule has 1 aromatic rings. The molecule has 4 rings (SSSR count). The van der Waals surface area contributed by atoms with E-state index in [0.717, 1.165) is 30.5 Å². The van der Waals surface area contributed by atoms with Crippen molar-refractivity contribution in [2.75, 3.05) is 26.2 Å². The first kappa shape index (κ1) is 22.9. The molecule has 9 heteroatoms. The fourth-order valence-electron chi connectivity index (χ4n) is 5.17. The van der Waals surface area contributed by atoms with Gasteiger partial charge in [0.25, 0.3) is 0 Å². The van der Waals surface area contributed by atoms with Crippen LogP contribution in [0.15, 0.2) is 24.3 Å². The van der Waals surface area contributed by atoms with Crippen molar-refractivity contribution in [1.29, 1.82) is 0 Å². The van der Waals surface area contributed by atoms with E-state index in [1.165, 1.54) is 12.1 Å². The minimum atomic E-state index is -4.33. The third-order valence-electron chi connectivity index (χ3n) is 7.17. The number of halogens is 3. The number of carbonyl (C=O) groups excluding carboxylic acids is 1. The summed E-state index contributed by atoms with van der Waals surface area (Å²) in [4.78, 5) is 27.6. The number of nitrogens with zero attached hydrogens (tertiary/aromatic N) is 2. The number of hydrogen-bond acceptors (Lipinski definition) is 4. The summed E-state index contributed by atoms with van der Waals surface area (Å²) >= 11 is 0. The molecule has 0 unspecified atom stereocenters. The van der Waals surface area contributed by atoms with Gasteiger partial charge in [-0.25, -0.2) is 4.79 Å². The van der Waals surface area contributed by atoms with Crippen molar-refractivity contribution in [3.63, 3.8) is 0 Å². The van der Waals surface area contributed by atoms with E-state index < -0.39 is 23.3 Å². The number of aliphatic carboxylic acids is 1. The lowest BCUT2D eigenvalue weighted by molar-refractivity contribution is -0.143. The Hall–Kier alpha value is -2.29. The van der Waals surface area contributed by atoms with Gasteiger partial charge in [0, 0.05) is 39.0 Å². The Labute approximate surface area is 185 Å². The summed E-state index contributed by atoms with van der Waals surface area (Å²) in [5.74, 6) is -0.684. The number of alkyl halides is 3. The van der Waals surface area contributed by atoms with Gasteiger partial charge in [-0.3, -0.25) is 9.69 Å². The molecule has 0 bridgehead atoms. The van der Waals surface area contributed by atoms with Crippen LogP contribution in [0.2, 0.25) is 0 Å². The van der Waals surface area contributed by atoms with E-state index in [1.807, 2.05) is 0 Å². The molecule has 1 aliphatic carbocycles. The lowest BCUT2D eigenvalue weighted by Gasteiger charge is -2.37. The van der Waals surface area contributed by atoms with Crippen LogP contribution in [0.1, 0.15) is 49.7 Å². The molecule has 0 aromatic heterocycles. The Morgan fingerprint density at radius 1 is 1.09 bits per heavy atom. The molecule has 1 saturated carbocycles. The largest absolute Gasteiger partial charge is 0.481 e. The van der Waals surface area contributed by atoms with Crippen LogP contribution in [0.3, 0.4) is 0 Å². The molecule has 3 fully saturated rings. The number of amides is 1. The second-order valence-corrected chi connectivity index (χ2v) is 9.46. The van der Waals surface area contributed by atoms with Crippen LogP contribution in [-0.4, -0.2) is 58.7 Å². The van der Waals surface area contributed by atoms with Crippen LogP contribution < -0.4 is 0 Å². The third-order valence-corrected chi connectivity index (χ3v) is 7.17. The van der Waals surface area contributed by atoms with E-state index in [-0.39, 0.29) is 12.0 Å².